The molecule has 2 aromatic heterocycles. The Kier molecular flexibility index (Phi) is 4.59. The van der Waals surface area contributed by atoms with Crippen molar-refractivity contribution in [3.05, 3.63) is 68.8 Å². The van der Waals surface area contributed by atoms with Crippen LogP contribution < -0.4 is 15.6 Å². The lowest BCUT2D eigenvalue weighted by molar-refractivity contribution is -0.384. The van der Waals surface area contributed by atoms with Crippen molar-refractivity contribution in [2.45, 2.75) is 20.0 Å². The number of nitrogens with zero attached hydrogens (tertiary/aromatic N) is 5. The maximum absolute atomic E-state index is 12.7. The molecular weight excluding hydrogens is 376 g/mol. The fourth-order valence-corrected chi connectivity index (χ4v) is 3.34. The Hall–Kier alpha value is -3.95. The Labute approximate surface area is 164 Å². The lowest BCUT2D eigenvalue weighted by atomic mass is 10.2. The van der Waals surface area contributed by atoms with E-state index >= 15 is 0 Å². The number of benzene rings is 2. The number of hydrogen-bond acceptors (Lipinski definition) is 7. The zero-order chi connectivity index (χ0) is 20.5. The number of non-ortho nitro benzene ring substituents is 1. The molecule has 0 aliphatic carbocycles. The average Bonchev–Trinajstić information content (AvgIpc) is 3.16. The van der Waals surface area contributed by atoms with Crippen molar-refractivity contribution in [1.29, 1.82) is 0 Å². The average molecular weight is 394 g/mol. The first-order valence-electron chi connectivity index (χ1n) is 8.97. The third-order valence-corrected chi connectivity index (χ3v) is 4.72. The molecule has 0 spiro atoms. The van der Waals surface area contributed by atoms with Gasteiger partial charge in [-0.1, -0.05) is 12.1 Å². The van der Waals surface area contributed by atoms with Gasteiger partial charge in [0.1, 0.15) is 5.75 Å². The molecule has 0 amide bonds. The standard InChI is InChI=1S/C19H18N6O4/c1-3-23-18(26)13-6-4-5-7-15(13)24-17(21-22-19(23)24)11-20-14-10-12(25(27)28)8-9-16(14)29-2/h4-10,20H,3,11H2,1-2H3. The van der Waals surface area contributed by atoms with Gasteiger partial charge in [-0.2, -0.15) is 0 Å². The predicted molar refractivity (Wildman–Crippen MR) is 107 cm³/mol. The molecule has 0 saturated carbocycles. The quantitative estimate of drug-likeness (QED) is 0.395. The number of aryl methyl sites for hydroxylation is 1. The highest BCUT2D eigenvalue weighted by Crippen LogP contribution is 2.29. The lowest BCUT2D eigenvalue weighted by Crippen LogP contribution is -2.23. The molecule has 0 saturated heterocycles. The molecule has 2 aromatic carbocycles. The summed E-state index contributed by atoms with van der Waals surface area (Å²) in [6, 6.07) is 11.6. The van der Waals surface area contributed by atoms with Crippen molar-refractivity contribution >= 4 is 28.1 Å². The number of hydrogen-bond donors (Lipinski definition) is 1. The normalized spacial score (nSPS) is 11.1. The molecule has 10 nitrogen and oxygen atoms in total. The Morgan fingerprint density at radius 3 is 2.72 bits per heavy atom. The minimum absolute atomic E-state index is 0.0512. The number of rotatable bonds is 6. The zero-order valence-electron chi connectivity index (χ0n) is 15.8. The van der Waals surface area contributed by atoms with Crippen molar-refractivity contribution in [3.63, 3.8) is 0 Å². The first kappa shape index (κ1) is 18.4. The third-order valence-electron chi connectivity index (χ3n) is 4.72. The summed E-state index contributed by atoms with van der Waals surface area (Å²) in [5.41, 5.74) is 0.990. The van der Waals surface area contributed by atoms with E-state index in [9.17, 15) is 14.9 Å². The highest BCUT2D eigenvalue weighted by Gasteiger charge is 2.17. The van der Waals surface area contributed by atoms with Gasteiger partial charge in [0.15, 0.2) is 5.82 Å². The van der Waals surface area contributed by atoms with Crippen LogP contribution in [0, 0.1) is 10.1 Å². The van der Waals surface area contributed by atoms with Crippen LogP contribution in [-0.4, -0.2) is 31.2 Å². The van der Waals surface area contributed by atoms with Crippen molar-refractivity contribution in [2.24, 2.45) is 0 Å². The molecule has 0 aliphatic heterocycles. The van der Waals surface area contributed by atoms with Gasteiger partial charge in [0.25, 0.3) is 11.2 Å². The topological polar surface area (TPSA) is 117 Å². The van der Waals surface area contributed by atoms with Crippen LogP contribution in [0.1, 0.15) is 12.7 Å². The van der Waals surface area contributed by atoms with E-state index in [-0.39, 0.29) is 17.8 Å². The molecule has 0 radical (unpaired) electrons. The molecule has 1 N–H and O–H groups in total. The van der Waals surface area contributed by atoms with E-state index < -0.39 is 4.92 Å². The Morgan fingerprint density at radius 1 is 1.21 bits per heavy atom. The monoisotopic (exact) mass is 394 g/mol. The van der Waals surface area contributed by atoms with E-state index in [1.807, 2.05) is 29.5 Å². The van der Waals surface area contributed by atoms with E-state index in [0.717, 1.165) is 0 Å². The van der Waals surface area contributed by atoms with Gasteiger partial charge < -0.3 is 10.1 Å². The number of fused-ring (bicyclic) bond motifs is 3. The van der Waals surface area contributed by atoms with Gasteiger partial charge >= 0.3 is 0 Å². The summed E-state index contributed by atoms with van der Waals surface area (Å²) >= 11 is 0. The van der Waals surface area contributed by atoms with E-state index in [4.69, 9.17) is 4.74 Å². The van der Waals surface area contributed by atoms with Crippen molar-refractivity contribution in [2.75, 3.05) is 12.4 Å². The number of ether oxygens (including phenoxy) is 1. The summed E-state index contributed by atoms with van der Waals surface area (Å²) in [5.74, 6) is 1.48. The number of nitro benzene ring substituents is 1. The second kappa shape index (κ2) is 7.23. The SMILES string of the molecule is CCn1c(=O)c2ccccc2n2c(CNc3cc([N+](=O)[O-])ccc3OC)nnc12. The Morgan fingerprint density at radius 2 is 2.00 bits per heavy atom. The minimum atomic E-state index is -0.468. The smallest absolute Gasteiger partial charge is 0.271 e. The maximum atomic E-state index is 12.7. The van der Waals surface area contributed by atoms with Crippen molar-refractivity contribution in [1.82, 2.24) is 19.2 Å². The van der Waals surface area contributed by atoms with Crippen LogP contribution in [0.3, 0.4) is 0 Å². The number of anilines is 1. The lowest BCUT2D eigenvalue weighted by Gasteiger charge is -2.12. The fourth-order valence-electron chi connectivity index (χ4n) is 3.34. The highest BCUT2D eigenvalue weighted by molar-refractivity contribution is 5.80. The first-order chi connectivity index (χ1) is 14.0. The molecule has 4 aromatic rings. The molecule has 0 atom stereocenters. The molecule has 0 fully saturated rings. The third kappa shape index (κ3) is 3.04. The zero-order valence-corrected chi connectivity index (χ0v) is 15.8. The minimum Gasteiger partial charge on any atom is -0.495 e. The van der Waals surface area contributed by atoms with Crippen LogP contribution in [-0.2, 0) is 13.1 Å². The van der Waals surface area contributed by atoms with E-state index in [2.05, 4.69) is 15.5 Å². The second-order valence-electron chi connectivity index (χ2n) is 6.31. The van der Waals surface area contributed by atoms with E-state index in [1.54, 1.807) is 10.6 Å². The van der Waals surface area contributed by atoms with Crippen LogP contribution in [0.5, 0.6) is 5.75 Å². The van der Waals surface area contributed by atoms with Crippen LogP contribution in [0.4, 0.5) is 11.4 Å². The van der Waals surface area contributed by atoms with Gasteiger partial charge in [-0.25, -0.2) is 0 Å². The van der Waals surface area contributed by atoms with Crippen LogP contribution in [0.2, 0.25) is 0 Å². The van der Waals surface area contributed by atoms with Crippen LogP contribution in [0.15, 0.2) is 47.3 Å². The summed E-state index contributed by atoms with van der Waals surface area (Å²) in [5, 5.41) is 23.2. The van der Waals surface area contributed by atoms with Crippen molar-refractivity contribution < 1.29 is 9.66 Å². The van der Waals surface area contributed by atoms with Crippen LogP contribution >= 0.6 is 0 Å². The summed E-state index contributed by atoms with van der Waals surface area (Å²) in [7, 11) is 1.49. The predicted octanol–water partition coefficient (Wildman–Crippen LogP) is 2.59. The molecule has 148 valence electrons. The number of aromatic nitrogens is 4. The molecule has 10 heteroatoms. The maximum Gasteiger partial charge on any atom is 0.271 e. The second-order valence-corrected chi connectivity index (χ2v) is 6.31. The summed E-state index contributed by atoms with van der Waals surface area (Å²) in [6.07, 6.45) is 0. The van der Waals surface area contributed by atoms with Gasteiger partial charge in [-0.05, 0) is 25.1 Å². The van der Waals surface area contributed by atoms with E-state index in [0.29, 0.717) is 40.5 Å². The van der Waals surface area contributed by atoms with Crippen LogP contribution in [0.25, 0.3) is 16.7 Å². The molecule has 29 heavy (non-hydrogen) atoms. The first-order valence-corrected chi connectivity index (χ1v) is 8.97. The Balaban J connectivity index is 1.81. The van der Waals surface area contributed by atoms with Gasteiger partial charge in [-0.15, -0.1) is 10.2 Å². The highest BCUT2D eigenvalue weighted by atomic mass is 16.6. The number of methoxy groups -OCH3 is 1. The molecule has 0 bridgehead atoms. The Bertz CT molecular complexity index is 1290. The van der Waals surface area contributed by atoms with Gasteiger partial charge in [0.2, 0.25) is 5.78 Å². The number of nitrogens with one attached hydrogen (secondary N) is 1. The van der Waals surface area contributed by atoms with Crippen molar-refractivity contribution in [3.8, 4) is 5.75 Å². The summed E-state index contributed by atoms with van der Waals surface area (Å²) in [4.78, 5) is 23.4. The van der Waals surface area contributed by atoms with Gasteiger partial charge in [0, 0.05) is 18.7 Å². The number of nitro groups is 1. The molecule has 0 aliphatic rings. The molecule has 0 unspecified atom stereocenters. The molecular formula is C19H18N6O4. The largest absolute Gasteiger partial charge is 0.495 e. The number of para-hydroxylation sites is 1. The van der Waals surface area contributed by atoms with E-state index in [1.165, 1.54) is 25.3 Å². The van der Waals surface area contributed by atoms with Gasteiger partial charge in [0.05, 0.1) is 35.2 Å². The molecule has 2 heterocycles. The summed E-state index contributed by atoms with van der Waals surface area (Å²) < 4.78 is 8.67. The van der Waals surface area contributed by atoms with Gasteiger partial charge in [-0.3, -0.25) is 23.9 Å². The fraction of sp³-hybridized carbons (Fsp3) is 0.211. The molecule has 4 rings (SSSR count). The summed E-state index contributed by atoms with van der Waals surface area (Å²) in [6.45, 7) is 2.55.